The highest BCUT2D eigenvalue weighted by molar-refractivity contribution is 7.99. The lowest BCUT2D eigenvalue weighted by Gasteiger charge is -2.15. The Labute approximate surface area is 183 Å². The molecule has 1 N–H and O–H groups in total. The Morgan fingerprint density at radius 2 is 2.00 bits per heavy atom. The third-order valence-corrected chi connectivity index (χ3v) is 6.06. The predicted octanol–water partition coefficient (Wildman–Crippen LogP) is 4.40. The maximum atomic E-state index is 12.6. The molecule has 31 heavy (non-hydrogen) atoms. The van der Waals surface area contributed by atoms with Gasteiger partial charge in [0.15, 0.2) is 5.16 Å². The number of nitro groups is 1. The lowest BCUT2D eigenvalue weighted by Crippen LogP contribution is -2.15. The second-order valence-corrected chi connectivity index (χ2v) is 8.09. The maximum Gasteiger partial charge on any atom is 0.273 e. The number of thioether (sulfide) groups is 1. The molecule has 1 heterocycles. The highest BCUT2D eigenvalue weighted by atomic mass is 32.2. The summed E-state index contributed by atoms with van der Waals surface area (Å²) >= 11 is 1.38. The number of carbonyl (C=O) groups is 1. The highest BCUT2D eigenvalue weighted by Gasteiger charge is 2.22. The summed E-state index contributed by atoms with van der Waals surface area (Å²) in [5.74, 6) is 0.162. The predicted molar refractivity (Wildman–Crippen MR) is 119 cm³/mol. The van der Waals surface area contributed by atoms with Gasteiger partial charge in [-0.2, -0.15) is 0 Å². The van der Waals surface area contributed by atoms with Crippen molar-refractivity contribution < 1.29 is 14.5 Å². The van der Waals surface area contributed by atoms with Gasteiger partial charge in [0, 0.05) is 17.4 Å². The number of nitrogens with one attached hydrogen (secondary N) is 1. The molecular formula is C22H22N4O4S. The molecule has 160 valence electrons. The average Bonchev–Trinajstić information content (AvgIpc) is 3.17. The summed E-state index contributed by atoms with van der Waals surface area (Å²) in [7, 11) is 1.41. The molecule has 0 saturated heterocycles. The van der Waals surface area contributed by atoms with Crippen LogP contribution in [-0.4, -0.2) is 33.2 Å². The van der Waals surface area contributed by atoms with Crippen LogP contribution in [-0.2, 0) is 17.6 Å². The number of methoxy groups -OCH3 is 1. The molecule has 1 amide bonds. The topological polar surface area (TPSA) is 99.3 Å². The summed E-state index contributed by atoms with van der Waals surface area (Å²) < 4.78 is 7.34. The lowest BCUT2D eigenvalue weighted by molar-refractivity contribution is -0.384. The van der Waals surface area contributed by atoms with Gasteiger partial charge in [0.25, 0.3) is 5.69 Å². The van der Waals surface area contributed by atoms with Gasteiger partial charge in [-0.05, 0) is 43.9 Å². The van der Waals surface area contributed by atoms with Crippen molar-refractivity contribution in [2.75, 3.05) is 18.2 Å². The lowest BCUT2D eigenvalue weighted by atomic mass is 10.0. The first kappa shape index (κ1) is 20.9. The molecule has 0 radical (unpaired) electrons. The van der Waals surface area contributed by atoms with Crippen molar-refractivity contribution in [2.24, 2.45) is 0 Å². The van der Waals surface area contributed by atoms with E-state index in [1.807, 2.05) is 30.3 Å². The molecule has 2 aromatic carbocycles. The Hall–Kier alpha value is -3.33. The van der Waals surface area contributed by atoms with Crippen LogP contribution in [0.15, 0.2) is 53.7 Å². The first-order valence-electron chi connectivity index (χ1n) is 9.98. The Morgan fingerprint density at radius 3 is 2.74 bits per heavy atom. The van der Waals surface area contributed by atoms with E-state index in [9.17, 15) is 14.9 Å². The zero-order valence-electron chi connectivity index (χ0n) is 17.0. The fourth-order valence-electron chi connectivity index (χ4n) is 3.67. The fraction of sp³-hybridized carbons (Fsp3) is 0.273. The summed E-state index contributed by atoms with van der Waals surface area (Å²) in [4.78, 5) is 27.9. The summed E-state index contributed by atoms with van der Waals surface area (Å²) in [6, 6.07) is 14.2. The number of para-hydroxylation sites is 1. The van der Waals surface area contributed by atoms with Gasteiger partial charge in [-0.25, -0.2) is 4.98 Å². The van der Waals surface area contributed by atoms with Crippen molar-refractivity contribution in [3.8, 4) is 11.4 Å². The Morgan fingerprint density at radius 1 is 1.23 bits per heavy atom. The molecule has 1 aromatic heterocycles. The van der Waals surface area contributed by atoms with Crippen LogP contribution in [0.4, 0.5) is 11.4 Å². The van der Waals surface area contributed by atoms with Crippen molar-refractivity contribution >= 4 is 29.0 Å². The molecule has 8 nitrogen and oxygen atoms in total. The number of nitro benzene ring substituents is 1. The molecule has 0 aliphatic heterocycles. The molecule has 0 bridgehead atoms. The molecule has 0 spiro atoms. The van der Waals surface area contributed by atoms with Crippen LogP contribution in [0.1, 0.15) is 24.2 Å². The quantitative estimate of drug-likeness (QED) is 0.333. The SMILES string of the molecule is COc1cc([N+](=O)[O-])ccc1NC(=O)CSc1nc2c(n1-c1ccccc1)CCCC2. The van der Waals surface area contributed by atoms with E-state index < -0.39 is 4.92 Å². The molecule has 3 aromatic rings. The number of aromatic nitrogens is 2. The summed E-state index contributed by atoms with van der Waals surface area (Å²) in [5, 5.41) is 14.5. The monoisotopic (exact) mass is 438 g/mol. The van der Waals surface area contributed by atoms with Gasteiger partial charge < -0.3 is 10.1 Å². The normalized spacial score (nSPS) is 12.8. The zero-order chi connectivity index (χ0) is 21.8. The number of fused-ring (bicyclic) bond motifs is 1. The number of nitrogens with zero attached hydrogens (tertiary/aromatic N) is 3. The molecule has 0 saturated carbocycles. The minimum absolute atomic E-state index is 0.0975. The van der Waals surface area contributed by atoms with Crippen LogP contribution in [0.5, 0.6) is 5.75 Å². The standard InChI is InChI=1S/C22H22N4O4S/c1-30-20-13-16(26(28)29)11-12-18(20)23-21(27)14-31-22-24-17-9-5-6-10-19(17)25(22)15-7-3-2-4-8-15/h2-4,7-8,11-13H,5-6,9-10,14H2,1H3,(H,23,27). The maximum absolute atomic E-state index is 12.6. The molecule has 1 aliphatic rings. The molecule has 0 unspecified atom stereocenters. The summed E-state index contributed by atoms with van der Waals surface area (Å²) in [5.41, 5.74) is 3.66. The first-order valence-corrected chi connectivity index (χ1v) is 11.0. The van der Waals surface area contributed by atoms with Crippen LogP contribution in [0, 0.1) is 10.1 Å². The van der Waals surface area contributed by atoms with Crippen molar-refractivity contribution in [3.05, 3.63) is 70.0 Å². The van der Waals surface area contributed by atoms with E-state index >= 15 is 0 Å². The van der Waals surface area contributed by atoms with Crippen LogP contribution >= 0.6 is 11.8 Å². The fourth-order valence-corrected chi connectivity index (χ4v) is 4.52. The Kier molecular flexibility index (Phi) is 6.22. The first-order chi connectivity index (χ1) is 15.1. The Balaban J connectivity index is 1.52. The summed E-state index contributed by atoms with van der Waals surface area (Å²) in [6.45, 7) is 0. The second-order valence-electron chi connectivity index (χ2n) is 7.14. The van der Waals surface area contributed by atoms with Gasteiger partial charge in [-0.1, -0.05) is 30.0 Å². The third-order valence-electron chi connectivity index (χ3n) is 5.12. The van der Waals surface area contributed by atoms with Crippen LogP contribution < -0.4 is 10.1 Å². The zero-order valence-corrected chi connectivity index (χ0v) is 17.9. The van der Waals surface area contributed by atoms with Gasteiger partial charge in [0.05, 0.1) is 35.2 Å². The van der Waals surface area contributed by atoms with E-state index in [0.717, 1.165) is 42.2 Å². The number of rotatable bonds is 7. The number of benzene rings is 2. The van der Waals surface area contributed by atoms with Gasteiger partial charge >= 0.3 is 0 Å². The molecule has 4 rings (SSSR count). The number of anilines is 1. The van der Waals surface area contributed by atoms with E-state index in [-0.39, 0.29) is 23.1 Å². The number of ether oxygens (including phenoxy) is 1. The summed E-state index contributed by atoms with van der Waals surface area (Å²) in [6.07, 6.45) is 4.19. The van der Waals surface area contributed by atoms with E-state index in [0.29, 0.717) is 5.69 Å². The van der Waals surface area contributed by atoms with Gasteiger partial charge in [-0.15, -0.1) is 0 Å². The largest absolute Gasteiger partial charge is 0.494 e. The van der Waals surface area contributed by atoms with Gasteiger partial charge in [0.1, 0.15) is 5.75 Å². The van der Waals surface area contributed by atoms with E-state index in [2.05, 4.69) is 9.88 Å². The van der Waals surface area contributed by atoms with Gasteiger partial charge in [-0.3, -0.25) is 19.5 Å². The molecule has 1 aliphatic carbocycles. The average molecular weight is 439 g/mol. The van der Waals surface area contributed by atoms with Crippen LogP contribution in [0.2, 0.25) is 0 Å². The molecule has 0 atom stereocenters. The number of hydrogen-bond acceptors (Lipinski definition) is 6. The number of imidazole rings is 1. The van der Waals surface area contributed by atoms with E-state index in [1.54, 1.807) is 0 Å². The van der Waals surface area contributed by atoms with Crippen LogP contribution in [0.25, 0.3) is 5.69 Å². The number of non-ortho nitro benzene ring substituents is 1. The van der Waals surface area contributed by atoms with Crippen molar-refractivity contribution in [2.45, 2.75) is 30.8 Å². The van der Waals surface area contributed by atoms with Crippen molar-refractivity contribution in [3.63, 3.8) is 0 Å². The molecule has 9 heteroatoms. The van der Waals surface area contributed by atoms with E-state index in [1.165, 1.54) is 42.8 Å². The smallest absolute Gasteiger partial charge is 0.273 e. The van der Waals surface area contributed by atoms with Gasteiger partial charge in [0.2, 0.25) is 5.91 Å². The minimum atomic E-state index is -0.505. The number of amides is 1. The van der Waals surface area contributed by atoms with Crippen molar-refractivity contribution in [1.29, 1.82) is 0 Å². The minimum Gasteiger partial charge on any atom is -0.494 e. The third kappa shape index (κ3) is 4.56. The van der Waals surface area contributed by atoms with Crippen LogP contribution in [0.3, 0.4) is 0 Å². The number of aryl methyl sites for hydroxylation is 1. The molecular weight excluding hydrogens is 416 g/mol. The highest BCUT2D eigenvalue weighted by Crippen LogP contribution is 2.32. The van der Waals surface area contributed by atoms with Crippen molar-refractivity contribution in [1.82, 2.24) is 9.55 Å². The second kappa shape index (κ2) is 9.22. The number of hydrogen-bond donors (Lipinski definition) is 1. The Bertz CT molecular complexity index is 1110. The number of carbonyl (C=O) groups excluding carboxylic acids is 1. The van der Waals surface area contributed by atoms with E-state index in [4.69, 9.17) is 9.72 Å². The molecule has 0 fully saturated rings.